The Morgan fingerprint density at radius 1 is 1.41 bits per heavy atom. The van der Waals surface area contributed by atoms with Gasteiger partial charge in [0.05, 0.1) is 17.7 Å². The predicted molar refractivity (Wildman–Crippen MR) is 66.5 cm³/mol. The highest BCUT2D eigenvalue weighted by atomic mass is 35.5. The first-order valence-electron chi connectivity index (χ1n) is 4.59. The molecular formula is C9H11Cl2NO4S. The molecule has 17 heavy (non-hydrogen) atoms. The van der Waals surface area contributed by atoms with Crippen molar-refractivity contribution >= 4 is 39.0 Å². The molecule has 8 heteroatoms. The summed E-state index contributed by atoms with van der Waals surface area (Å²) in [5, 5.41) is 12.1. The number of anilines is 1. The van der Waals surface area contributed by atoms with Crippen LogP contribution in [0.3, 0.4) is 0 Å². The zero-order valence-corrected chi connectivity index (χ0v) is 10.9. The summed E-state index contributed by atoms with van der Waals surface area (Å²) < 4.78 is 31.2. The van der Waals surface area contributed by atoms with Gasteiger partial charge in [-0.05, 0) is 18.2 Å². The van der Waals surface area contributed by atoms with Crippen molar-refractivity contribution < 1.29 is 18.1 Å². The summed E-state index contributed by atoms with van der Waals surface area (Å²) in [6.07, 6.45) is -0.818. The zero-order chi connectivity index (χ0) is 13.1. The average Bonchev–Trinajstić information content (AvgIpc) is 2.25. The van der Waals surface area contributed by atoms with Crippen molar-refractivity contribution in [2.45, 2.75) is 11.0 Å². The van der Waals surface area contributed by atoms with E-state index in [-0.39, 0.29) is 28.0 Å². The molecule has 5 nitrogen and oxygen atoms in total. The molecule has 0 amide bonds. The van der Waals surface area contributed by atoms with E-state index in [1.54, 1.807) is 0 Å². The fourth-order valence-electron chi connectivity index (χ4n) is 1.14. The third-order valence-corrected chi connectivity index (χ3v) is 3.41. The van der Waals surface area contributed by atoms with E-state index in [1.807, 2.05) is 0 Å². The molecule has 96 valence electrons. The number of rotatable bonds is 5. The van der Waals surface area contributed by atoms with Gasteiger partial charge in [-0.3, -0.25) is 4.55 Å². The lowest BCUT2D eigenvalue weighted by atomic mass is 10.3. The van der Waals surface area contributed by atoms with Crippen molar-refractivity contribution in [3.8, 4) is 0 Å². The van der Waals surface area contributed by atoms with E-state index in [1.165, 1.54) is 12.1 Å². The lowest BCUT2D eigenvalue weighted by Crippen LogP contribution is -2.21. The number of alkyl halides is 1. The minimum absolute atomic E-state index is 0.0157. The largest absolute Gasteiger partial charge is 0.390 e. The summed E-state index contributed by atoms with van der Waals surface area (Å²) in [6.45, 7) is 0.0631. The van der Waals surface area contributed by atoms with Gasteiger partial charge in [-0.2, -0.15) is 8.42 Å². The molecule has 1 aromatic carbocycles. The van der Waals surface area contributed by atoms with Gasteiger partial charge in [0.25, 0.3) is 10.1 Å². The average molecular weight is 300 g/mol. The molecule has 0 aliphatic carbocycles. The van der Waals surface area contributed by atoms with Crippen LogP contribution in [0.4, 0.5) is 5.69 Å². The van der Waals surface area contributed by atoms with Crippen molar-refractivity contribution in [1.82, 2.24) is 0 Å². The standard InChI is InChI=1S/C9H11Cl2NO4S/c10-4-7(13)5-12-8-2-1-6(11)3-9(8)17(14,15)16/h1-3,7,12-13H,4-5H2,(H,14,15,16). The SMILES string of the molecule is O=S(=O)(O)c1cc(Cl)ccc1NCC(O)CCl. The summed E-state index contributed by atoms with van der Waals surface area (Å²) in [5.74, 6) is 0.0157. The van der Waals surface area contributed by atoms with Crippen molar-refractivity contribution in [3.05, 3.63) is 23.2 Å². The van der Waals surface area contributed by atoms with E-state index in [2.05, 4.69) is 5.32 Å². The third-order valence-electron chi connectivity index (χ3n) is 1.93. The Hall–Kier alpha value is -0.530. The second kappa shape index (κ2) is 5.88. The lowest BCUT2D eigenvalue weighted by Gasteiger charge is -2.12. The molecule has 0 heterocycles. The normalized spacial score (nSPS) is 13.4. The summed E-state index contributed by atoms with van der Waals surface area (Å²) in [7, 11) is -4.37. The van der Waals surface area contributed by atoms with Crippen LogP contribution in [0.5, 0.6) is 0 Å². The number of aliphatic hydroxyl groups excluding tert-OH is 1. The topological polar surface area (TPSA) is 86.6 Å². The highest BCUT2D eigenvalue weighted by Crippen LogP contribution is 2.24. The maximum Gasteiger partial charge on any atom is 0.296 e. The second-order valence-corrected chi connectivity index (χ2v) is 5.44. The molecule has 0 aliphatic heterocycles. The van der Waals surface area contributed by atoms with Crippen LogP contribution in [-0.4, -0.2) is 36.6 Å². The Bertz CT molecular complexity index is 492. The van der Waals surface area contributed by atoms with Crippen molar-refractivity contribution in [3.63, 3.8) is 0 Å². The molecule has 0 aliphatic rings. The Morgan fingerprint density at radius 2 is 2.06 bits per heavy atom. The van der Waals surface area contributed by atoms with Crippen LogP contribution in [-0.2, 0) is 10.1 Å². The molecule has 1 atom stereocenters. The van der Waals surface area contributed by atoms with Gasteiger partial charge in [-0.1, -0.05) is 11.6 Å². The first-order valence-corrected chi connectivity index (χ1v) is 6.95. The number of hydrogen-bond donors (Lipinski definition) is 3. The molecular weight excluding hydrogens is 289 g/mol. The van der Waals surface area contributed by atoms with Crippen molar-refractivity contribution in [2.24, 2.45) is 0 Å². The first kappa shape index (κ1) is 14.5. The van der Waals surface area contributed by atoms with Gasteiger partial charge in [0, 0.05) is 11.6 Å². The Balaban J connectivity index is 3.00. The van der Waals surface area contributed by atoms with Crippen LogP contribution in [0, 0.1) is 0 Å². The van der Waals surface area contributed by atoms with E-state index < -0.39 is 16.2 Å². The van der Waals surface area contributed by atoms with Gasteiger partial charge >= 0.3 is 0 Å². The van der Waals surface area contributed by atoms with Gasteiger partial charge < -0.3 is 10.4 Å². The second-order valence-electron chi connectivity index (χ2n) is 3.30. The Kier molecular flexibility index (Phi) is 5.03. The van der Waals surface area contributed by atoms with Gasteiger partial charge in [-0.15, -0.1) is 11.6 Å². The van der Waals surface area contributed by atoms with Gasteiger partial charge in [0.2, 0.25) is 0 Å². The fourth-order valence-corrected chi connectivity index (χ4v) is 2.18. The van der Waals surface area contributed by atoms with Crippen molar-refractivity contribution in [1.29, 1.82) is 0 Å². The maximum atomic E-state index is 11.1. The van der Waals surface area contributed by atoms with E-state index in [0.717, 1.165) is 6.07 Å². The first-order chi connectivity index (χ1) is 7.84. The van der Waals surface area contributed by atoms with Crippen molar-refractivity contribution in [2.75, 3.05) is 17.7 Å². The number of halogens is 2. The monoisotopic (exact) mass is 299 g/mol. The van der Waals surface area contributed by atoms with E-state index in [4.69, 9.17) is 27.8 Å². The number of hydrogen-bond acceptors (Lipinski definition) is 4. The zero-order valence-electron chi connectivity index (χ0n) is 8.60. The molecule has 0 radical (unpaired) electrons. The highest BCUT2D eigenvalue weighted by Gasteiger charge is 2.16. The molecule has 1 rings (SSSR count). The molecule has 0 fully saturated rings. The van der Waals surface area contributed by atoms with Gasteiger partial charge in [-0.25, -0.2) is 0 Å². The molecule has 0 spiro atoms. The van der Waals surface area contributed by atoms with Crippen LogP contribution < -0.4 is 5.32 Å². The molecule has 0 aromatic heterocycles. The minimum Gasteiger partial charge on any atom is -0.390 e. The molecule has 0 bridgehead atoms. The van der Waals surface area contributed by atoms with E-state index in [9.17, 15) is 13.5 Å². The molecule has 0 saturated heterocycles. The summed E-state index contributed by atoms with van der Waals surface area (Å²) in [5.41, 5.74) is 0.154. The molecule has 1 aromatic rings. The Labute approximate surface area is 109 Å². The minimum atomic E-state index is -4.37. The van der Waals surface area contributed by atoms with Crippen LogP contribution in [0.25, 0.3) is 0 Å². The lowest BCUT2D eigenvalue weighted by molar-refractivity contribution is 0.211. The molecule has 1 unspecified atom stereocenters. The van der Waals surface area contributed by atoms with E-state index >= 15 is 0 Å². The summed E-state index contributed by atoms with van der Waals surface area (Å²) in [6, 6.07) is 3.98. The Morgan fingerprint density at radius 3 is 2.59 bits per heavy atom. The van der Waals surface area contributed by atoms with E-state index in [0.29, 0.717) is 0 Å². The van der Waals surface area contributed by atoms with Crippen LogP contribution in [0.15, 0.2) is 23.1 Å². The molecule has 3 N–H and O–H groups in total. The van der Waals surface area contributed by atoms with Crippen LogP contribution >= 0.6 is 23.2 Å². The van der Waals surface area contributed by atoms with Crippen LogP contribution in [0.2, 0.25) is 5.02 Å². The number of benzene rings is 1. The number of aliphatic hydroxyl groups is 1. The summed E-state index contributed by atoms with van der Waals surface area (Å²) in [4.78, 5) is -0.341. The van der Waals surface area contributed by atoms with Gasteiger partial charge in [0.1, 0.15) is 4.90 Å². The predicted octanol–water partition coefficient (Wildman–Crippen LogP) is 1.60. The molecule has 0 saturated carbocycles. The fraction of sp³-hybridized carbons (Fsp3) is 0.333. The smallest absolute Gasteiger partial charge is 0.296 e. The third kappa shape index (κ3) is 4.33. The maximum absolute atomic E-state index is 11.1. The quantitative estimate of drug-likeness (QED) is 0.568. The number of nitrogens with one attached hydrogen (secondary N) is 1. The highest BCUT2D eigenvalue weighted by molar-refractivity contribution is 7.86. The summed E-state index contributed by atoms with van der Waals surface area (Å²) >= 11 is 11.0. The van der Waals surface area contributed by atoms with Gasteiger partial charge in [0.15, 0.2) is 0 Å². The van der Waals surface area contributed by atoms with Crippen LogP contribution in [0.1, 0.15) is 0 Å².